The Bertz CT molecular complexity index is 373. The van der Waals surface area contributed by atoms with E-state index in [2.05, 4.69) is 39.9 Å². The summed E-state index contributed by atoms with van der Waals surface area (Å²) in [4.78, 5) is 13.8. The van der Waals surface area contributed by atoms with E-state index in [4.69, 9.17) is 4.74 Å². The summed E-state index contributed by atoms with van der Waals surface area (Å²) in [5, 5.41) is 0. The molecule has 1 aromatic carbocycles. The molecule has 0 unspecified atom stereocenters. The fraction of sp³-hybridized carbons (Fsp3) is 0.500. The van der Waals surface area contributed by atoms with E-state index in [1.54, 1.807) is 13.8 Å². The molecule has 0 aliphatic heterocycles. The van der Waals surface area contributed by atoms with Crippen LogP contribution in [-0.4, -0.2) is 30.0 Å². The molecule has 0 saturated heterocycles. The summed E-state index contributed by atoms with van der Waals surface area (Å²) in [7, 11) is 0. The molecule has 1 rings (SSSR count). The summed E-state index contributed by atoms with van der Waals surface area (Å²) in [6.45, 7) is 7.64. The van der Waals surface area contributed by atoms with Crippen molar-refractivity contribution in [2.24, 2.45) is 0 Å². The van der Waals surface area contributed by atoms with Gasteiger partial charge in [0.2, 0.25) is 0 Å². The summed E-state index contributed by atoms with van der Waals surface area (Å²) in [5.74, 6) is -0.230. The van der Waals surface area contributed by atoms with Crippen molar-refractivity contribution in [2.75, 3.05) is 24.6 Å². The van der Waals surface area contributed by atoms with E-state index in [0.29, 0.717) is 13.2 Å². The maximum atomic E-state index is 11.6. The molecule has 0 aliphatic rings. The molecule has 0 heterocycles. The van der Waals surface area contributed by atoms with Crippen molar-refractivity contribution in [1.29, 1.82) is 0 Å². The Kier molecular flexibility index (Phi) is 5.66. The average molecular weight is 314 g/mol. The van der Waals surface area contributed by atoms with Gasteiger partial charge in [-0.3, -0.25) is 4.79 Å². The van der Waals surface area contributed by atoms with Crippen LogP contribution in [0.15, 0.2) is 30.3 Å². The van der Waals surface area contributed by atoms with Crippen LogP contribution in [0.3, 0.4) is 0 Å². The van der Waals surface area contributed by atoms with Crippen LogP contribution in [0.2, 0.25) is 0 Å². The number of esters is 1. The van der Waals surface area contributed by atoms with Crippen LogP contribution in [-0.2, 0) is 9.53 Å². The molecule has 0 radical (unpaired) electrons. The third-order valence-corrected chi connectivity index (χ3v) is 2.91. The number of likely N-dealkylation sites (N-methyl/N-ethyl adjacent to an activating group) is 1. The zero-order valence-electron chi connectivity index (χ0n) is 11.1. The van der Waals surface area contributed by atoms with Crippen LogP contribution in [0.25, 0.3) is 0 Å². The third-order valence-electron chi connectivity index (χ3n) is 2.58. The molecule has 0 amide bonds. The molecule has 4 heteroatoms. The smallest absolute Gasteiger partial charge is 0.322 e. The molecule has 0 spiro atoms. The Morgan fingerprint density at radius 2 is 1.94 bits per heavy atom. The molecule has 3 nitrogen and oxygen atoms in total. The highest BCUT2D eigenvalue weighted by molar-refractivity contribution is 9.10. The third kappa shape index (κ3) is 4.69. The lowest BCUT2D eigenvalue weighted by atomic mass is 10.2. The van der Waals surface area contributed by atoms with Gasteiger partial charge in [-0.1, -0.05) is 34.1 Å². The number of hydrogen-bond donors (Lipinski definition) is 0. The largest absolute Gasteiger partial charge is 0.463 e. The number of benzene rings is 1. The quantitative estimate of drug-likeness (QED) is 0.596. The minimum atomic E-state index is -0.614. The highest BCUT2D eigenvalue weighted by Gasteiger charge is 2.25. The molecule has 0 atom stereocenters. The standard InChI is InChI=1S/C14H20BrNO2/c1-4-16(12-8-6-5-7-9-12)10-11-18-13(17)14(2,3)15/h5-9H,4,10-11H2,1-3H3. The lowest BCUT2D eigenvalue weighted by Gasteiger charge is -2.23. The summed E-state index contributed by atoms with van der Waals surface area (Å²) in [6.07, 6.45) is 0. The fourth-order valence-corrected chi connectivity index (χ4v) is 1.64. The predicted octanol–water partition coefficient (Wildman–Crippen LogP) is 3.23. The van der Waals surface area contributed by atoms with E-state index in [1.165, 1.54) is 0 Å². The van der Waals surface area contributed by atoms with Crippen molar-refractivity contribution in [2.45, 2.75) is 25.1 Å². The Balaban J connectivity index is 2.45. The maximum absolute atomic E-state index is 11.6. The van der Waals surface area contributed by atoms with Crippen LogP contribution >= 0.6 is 15.9 Å². The van der Waals surface area contributed by atoms with Crippen molar-refractivity contribution in [1.82, 2.24) is 0 Å². The first-order valence-corrected chi connectivity index (χ1v) is 6.90. The van der Waals surface area contributed by atoms with Crippen molar-refractivity contribution < 1.29 is 9.53 Å². The van der Waals surface area contributed by atoms with E-state index in [0.717, 1.165) is 12.2 Å². The summed E-state index contributed by atoms with van der Waals surface area (Å²) < 4.78 is 4.62. The maximum Gasteiger partial charge on any atom is 0.322 e. The van der Waals surface area contributed by atoms with Crippen LogP contribution in [0.5, 0.6) is 0 Å². The van der Waals surface area contributed by atoms with E-state index >= 15 is 0 Å². The normalized spacial score (nSPS) is 11.1. The van der Waals surface area contributed by atoms with Gasteiger partial charge in [0, 0.05) is 12.2 Å². The SMILES string of the molecule is CCN(CCOC(=O)C(C)(C)Br)c1ccccc1. The molecule has 0 fully saturated rings. The Labute approximate surface area is 117 Å². The van der Waals surface area contributed by atoms with E-state index in [1.807, 2.05) is 18.2 Å². The molecule has 0 aliphatic carbocycles. The number of nitrogens with zero attached hydrogens (tertiary/aromatic N) is 1. The highest BCUT2D eigenvalue weighted by atomic mass is 79.9. The molecule has 1 aromatic rings. The minimum Gasteiger partial charge on any atom is -0.463 e. The summed E-state index contributed by atoms with van der Waals surface area (Å²) in [5.41, 5.74) is 1.15. The second kappa shape index (κ2) is 6.78. The van der Waals surface area contributed by atoms with Crippen LogP contribution in [0.4, 0.5) is 5.69 Å². The lowest BCUT2D eigenvalue weighted by Crippen LogP contribution is -2.32. The molecule has 0 aromatic heterocycles. The number of alkyl halides is 1. The second-order valence-electron chi connectivity index (χ2n) is 4.52. The van der Waals surface area contributed by atoms with Gasteiger partial charge in [0.1, 0.15) is 10.9 Å². The first kappa shape index (κ1) is 15.0. The van der Waals surface area contributed by atoms with Crippen LogP contribution in [0.1, 0.15) is 20.8 Å². The van der Waals surface area contributed by atoms with Gasteiger partial charge in [-0.25, -0.2) is 0 Å². The minimum absolute atomic E-state index is 0.230. The molecule has 18 heavy (non-hydrogen) atoms. The average Bonchev–Trinajstić information content (AvgIpc) is 2.34. The monoisotopic (exact) mass is 313 g/mol. The van der Waals surface area contributed by atoms with E-state index < -0.39 is 4.32 Å². The van der Waals surface area contributed by atoms with Crippen LogP contribution < -0.4 is 4.90 Å². The van der Waals surface area contributed by atoms with Crippen molar-refractivity contribution in [3.8, 4) is 0 Å². The topological polar surface area (TPSA) is 29.5 Å². The van der Waals surface area contributed by atoms with Gasteiger partial charge >= 0.3 is 5.97 Å². The fourth-order valence-electron chi connectivity index (χ4n) is 1.53. The Morgan fingerprint density at radius 3 is 2.44 bits per heavy atom. The van der Waals surface area contributed by atoms with E-state index in [-0.39, 0.29) is 5.97 Å². The first-order chi connectivity index (χ1) is 8.45. The Hall–Kier alpha value is -1.03. The van der Waals surface area contributed by atoms with Gasteiger partial charge in [0.25, 0.3) is 0 Å². The second-order valence-corrected chi connectivity index (χ2v) is 6.51. The zero-order valence-corrected chi connectivity index (χ0v) is 12.7. The van der Waals surface area contributed by atoms with Gasteiger partial charge < -0.3 is 9.64 Å². The molecule has 0 N–H and O–H groups in total. The predicted molar refractivity (Wildman–Crippen MR) is 78.3 cm³/mol. The number of para-hydroxylation sites is 1. The van der Waals surface area contributed by atoms with Gasteiger partial charge in [0.05, 0.1) is 6.54 Å². The van der Waals surface area contributed by atoms with Gasteiger partial charge in [0.15, 0.2) is 0 Å². The molecular weight excluding hydrogens is 294 g/mol. The number of anilines is 1. The number of hydrogen-bond acceptors (Lipinski definition) is 3. The molecule has 0 saturated carbocycles. The summed E-state index contributed by atoms with van der Waals surface area (Å²) >= 11 is 3.28. The van der Waals surface area contributed by atoms with Crippen molar-refractivity contribution >= 4 is 27.6 Å². The lowest BCUT2D eigenvalue weighted by molar-refractivity contribution is -0.145. The van der Waals surface area contributed by atoms with E-state index in [9.17, 15) is 4.79 Å². The number of carbonyl (C=O) groups excluding carboxylic acids is 1. The number of ether oxygens (including phenoxy) is 1. The van der Waals surface area contributed by atoms with Gasteiger partial charge in [-0.05, 0) is 32.9 Å². The van der Waals surface area contributed by atoms with Crippen molar-refractivity contribution in [3.05, 3.63) is 30.3 Å². The Morgan fingerprint density at radius 1 is 1.33 bits per heavy atom. The van der Waals surface area contributed by atoms with Crippen molar-refractivity contribution in [3.63, 3.8) is 0 Å². The van der Waals surface area contributed by atoms with Gasteiger partial charge in [-0.2, -0.15) is 0 Å². The molecular formula is C14H20BrNO2. The first-order valence-electron chi connectivity index (χ1n) is 6.11. The molecule has 100 valence electrons. The van der Waals surface area contributed by atoms with Crippen LogP contribution in [0, 0.1) is 0 Å². The summed E-state index contributed by atoms with van der Waals surface area (Å²) in [6, 6.07) is 10.1. The number of halogens is 1. The zero-order chi connectivity index (χ0) is 13.6. The molecule has 0 bridgehead atoms. The number of carbonyl (C=O) groups is 1. The van der Waals surface area contributed by atoms with Gasteiger partial charge in [-0.15, -0.1) is 0 Å². The highest BCUT2D eigenvalue weighted by Crippen LogP contribution is 2.17. The number of rotatable bonds is 6.